The van der Waals surface area contributed by atoms with E-state index in [4.69, 9.17) is 0 Å². The van der Waals surface area contributed by atoms with Crippen LogP contribution in [0.25, 0.3) is 0 Å². The molecule has 0 heterocycles. The van der Waals surface area contributed by atoms with Gasteiger partial charge in [-0.25, -0.2) is 0 Å². The Morgan fingerprint density at radius 3 is 2.38 bits per heavy atom. The monoisotopic (exact) mass is 134 g/mol. The minimum atomic E-state index is -1.16. The second-order valence-electron chi connectivity index (χ2n) is 1.36. The van der Waals surface area contributed by atoms with Crippen molar-refractivity contribution in [3.63, 3.8) is 0 Å². The van der Waals surface area contributed by atoms with E-state index in [0.717, 1.165) is 0 Å². The lowest BCUT2D eigenvalue weighted by atomic mass is 10.6. The molecule has 1 atom stereocenters. The molecule has 2 N–H and O–H groups in total. The fourth-order valence-electron chi connectivity index (χ4n) is 0.209. The van der Waals surface area contributed by atoms with Crippen LogP contribution in [0, 0.1) is 0 Å². The molecule has 0 radical (unpaired) electrons. The SMILES string of the molecule is C=C(C)N[S+]([O-])NC. The van der Waals surface area contributed by atoms with Gasteiger partial charge in [-0.1, -0.05) is 6.58 Å². The summed E-state index contributed by atoms with van der Waals surface area (Å²) >= 11 is -1.16. The topological polar surface area (TPSA) is 47.1 Å². The second kappa shape index (κ2) is 3.77. The van der Waals surface area contributed by atoms with Crippen molar-refractivity contribution in [3.8, 4) is 0 Å². The van der Waals surface area contributed by atoms with Crippen LogP contribution in [0.3, 0.4) is 0 Å². The lowest BCUT2D eigenvalue weighted by Crippen LogP contribution is -2.32. The fraction of sp³-hybridized carbons (Fsp3) is 0.500. The van der Waals surface area contributed by atoms with E-state index in [-0.39, 0.29) is 0 Å². The average Bonchev–Trinajstić information content (AvgIpc) is 1.65. The first-order valence-electron chi connectivity index (χ1n) is 2.18. The zero-order valence-corrected chi connectivity index (χ0v) is 5.84. The molecule has 8 heavy (non-hydrogen) atoms. The summed E-state index contributed by atoms with van der Waals surface area (Å²) in [6.45, 7) is 5.24. The van der Waals surface area contributed by atoms with Gasteiger partial charge in [0.2, 0.25) is 0 Å². The molecule has 0 aliphatic heterocycles. The van der Waals surface area contributed by atoms with Crippen molar-refractivity contribution in [2.45, 2.75) is 6.92 Å². The van der Waals surface area contributed by atoms with Crippen LogP contribution < -0.4 is 9.44 Å². The lowest BCUT2D eigenvalue weighted by Gasteiger charge is -2.06. The number of rotatable bonds is 3. The molecule has 0 amide bonds. The maximum Gasteiger partial charge on any atom is 0.162 e. The third-order valence-electron chi connectivity index (χ3n) is 0.452. The normalized spacial score (nSPS) is 12.9. The standard InChI is InChI=1S/C4H10N2OS/c1-4(2)6-8(7)5-3/h5-6H,1H2,2-3H3. The Morgan fingerprint density at radius 1 is 1.75 bits per heavy atom. The molecule has 0 bridgehead atoms. The molecule has 0 aliphatic rings. The molecule has 0 spiro atoms. The fourth-order valence-corrected chi connectivity index (χ4v) is 0.628. The van der Waals surface area contributed by atoms with Crippen molar-refractivity contribution in [2.75, 3.05) is 7.05 Å². The first-order chi connectivity index (χ1) is 3.66. The molecule has 1 unspecified atom stereocenters. The van der Waals surface area contributed by atoms with E-state index in [1.165, 1.54) is 0 Å². The Morgan fingerprint density at radius 2 is 2.25 bits per heavy atom. The quantitative estimate of drug-likeness (QED) is 0.530. The highest BCUT2D eigenvalue weighted by molar-refractivity contribution is 7.87. The van der Waals surface area contributed by atoms with Gasteiger partial charge < -0.3 is 4.55 Å². The Balaban J connectivity index is 3.24. The Kier molecular flexibility index (Phi) is 3.68. The van der Waals surface area contributed by atoms with Crippen molar-refractivity contribution in [3.05, 3.63) is 12.3 Å². The molecule has 0 aromatic heterocycles. The molecule has 0 aromatic rings. The predicted molar refractivity (Wildman–Crippen MR) is 35.2 cm³/mol. The maximum absolute atomic E-state index is 10.5. The molecule has 0 saturated carbocycles. The van der Waals surface area contributed by atoms with E-state index in [0.29, 0.717) is 5.70 Å². The van der Waals surface area contributed by atoms with E-state index < -0.39 is 11.5 Å². The summed E-state index contributed by atoms with van der Waals surface area (Å²) in [7, 11) is 1.60. The van der Waals surface area contributed by atoms with Gasteiger partial charge in [0.25, 0.3) is 0 Å². The van der Waals surface area contributed by atoms with Crippen LogP contribution in [-0.2, 0) is 11.5 Å². The summed E-state index contributed by atoms with van der Waals surface area (Å²) < 4.78 is 15.5. The van der Waals surface area contributed by atoms with Gasteiger partial charge in [-0.05, 0) is 6.92 Å². The van der Waals surface area contributed by atoms with Gasteiger partial charge in [0.1, 0.15) is 0 Å². The zero-order valence-electron chi connectivity index (χ0n) is 5.02. The van der Waals surface area contributed by atoms with Crippen molar-refractivity contribution in [1.82, 2.24) is 9.44 Å². The van der Waals surface area contributed by atoms with Crippen molar-refractivity contribution in [1.29, 1.82) is 0 Å². The average molecular weight is 134 g/mol. The zero-order chi connectivity index (χ0) is 6.57. The number of hydrogen-bond donors (Lipinski definition) is 2. The summed E-state index contributed by atoms with van der Waals surface area (Å²) in [5, 5.41) is 0. The van der Waals surface area contributed by atoms with E-state index >= 15 is 0 Å². The van der Waals surface area contributed by atoms with E-state index in [1.807, 2.05) is 0 Å². The molecule has 0 saturated heterocycles. The summed E-state index contributed by atoms with van der Waals surface area (Å²) in [5.41, 5.74) is 0.692. The van der Waals surface area contributed by atoms with E-state index in [2.05, 4.69) is 16.0 Å². The van der Waals surface area contributed by atoms with Gasteiger partial charge in [0.15, 0.2) is 11.5 Å². The summed E-state index contributed by atoms with van der Waals surface area (Å²) in [6, 6.07) is 0. The predicted octanol–water partition coefficient (Wildman–Crippen LogP) is -0.0923. The highest BCUT2D eigenvalue weighted by Gasteiger charge is 1.97. The minimum absolute atomic E-state index is 0.692. The molecule has 0 rings (SSSR count). The van der Waals surface area contributed by atoms with Crippen molar-refractivity contribution in [2.24, 2.45) is 0 Å². The molecular formula is C4H10N2OS. The third-order valence-corrected chi connectivity index (χ3v) is 1.36. The second-order valence-corrected chi connectivity index (χ2v) is 2.51. The smallest absolute Gasteiger partial charge is 0.162 e. The van der Waals surface area contributed by atoms with Gasteiger partial charge in [-0.15, -0.1) is 4.72 Å². The van der Waals surface area contributed by atoms with Crippen LogP contribution in [0.15, 0.2) is 12.3 Å². The van der Waals surface area contributed by atoms with Gasteiger partial charge in [0, 0.05) is 7.05 Å². The van der Waals surface area contributed by atoms with E-state index in [1.54, 1.807) is 14.0 Å². The number of nitrogens with one attached hydrogen (secondary N) is 2. The van der Waals surface area contributed by atoms with Gasteiger partial charge >= 0.3 is 0 Å². The highest BCUT2D eigenvalue weighted by Crippen LogP contribution is 1.81. The highest BCUT2D eigenvalue weighted by atomic mass is 32.2. The van der Waals surface area contributed by atoms with Gasteiger partial charge in [-0.2, -0.15) is 4.72 Å². The summed E-state index contributed by atoms with van der Waals surface area (Å²) in [6.07, 6.45) is 0. The van der Waals surface area contributed by atoms with Crippen LogP contribution in [-0.4, -0.2) is 11.6 Å². The van der Waals surface area contributed by atoms with Crippen LogP contribution >= 0.6 is 0 Å². The Labute approximate surface area is 52.6 Å². The van der Waals surface area contributed by atoms with E-state index in [9.17, 15) is 4.55 Å². The molecule has 0 aromatic carbocycles. The van der Waals surface area contributed by atoms with Gasteiger partial charge in [0.05, 0.1) is 5.70 Å². The molecule has 48 valence electrons. The van der Waals surface area contributed by atoms with Crippen LogP contribution in [0.5, 0.6) is 0 Å². The summed E-state index contributed by atoms with van der Waals surface area (Å²) in [4.78, 5) is 0. The molecule has 0 aliphatic carbocycles. The number of allylic oxidation sites excluding steroid dienone is 1. The molecule has 4 heteroatoms. The minimum Gasteiger partial charge on any atom is -0.574 e. The lowest BCUT2D eigenvalue weighted by molar-refractivity contribution is 0.579. The maximum atomic E-state index is 10.5. The van der Waals surface area contributed by atoms with Crippen LogP contribution in [0.4, 0.5) is 0 Å². The molecular weight excluding hydrogens is 124 g/mol. The summed E-state index contributed by atoms with van der Waals surface area (Å²) in [5.74, 6) is 0. The van der Waals surface area contributed by atoms with Crippen LogP contribution in [0.2, 0.25) is 0 Å². The molecule has 3 nitrogen and oxygen atoms in total. The van der Waals surface area contributed by atoms with Crippen LogP contribution in [0.1, 0.15) is 6.92 Å². The Bertz CT molecular complexity index is 86.1. The van der Waals surface area contributed by atoms with Crippen molar-refractivity contribution < 1.29 is 4.55 Å². The largest absolute Gasteiger partial charge is 0.574 e. The van der Waals surface area contributed by atoms with Gasteiger partial charge in [-0.3, -0.25) is 0 Å². The Hall–Kier alpha value is -0.190. The third kappa shape index (κ3) is 3.98. The number of hydrogen-bond acceptors (Lipinski definition) is 3. The first kappa shape index (κ1) is 7.81. The van der Waals surface area contributed by atoms with Crippen molar-refractivity contribution >= 4 is 11.5 Å². The first-order valence-corrected chi connectivity index (χ1v) is 3.33. The molecule has 0 fully saturated rings.